The molecule has 1 saturated heterocycles. The monoisotopic (exact) mass is 287 g/mol. The maximum absolute atomic E-state index is 10.8. The van der Waals surface area contributed by atoms with Crippen LogP contribution in [0.25, 0.3) is 10.9 Å². The molecule has 0 unspecified atom stereocenters. The zero-order chi connectivity index (χ0) is 15.0. The van der Waals surface area contributed by atoms with E-state index in [1.165, 1.54) is 5.69 Å². The van der Waals surface area contributed by atoms with Gasteiger partial charge in [-0.25, -0.2) is 0 Å². The van der Waals surface area contributed by atoms with Gasteiger partial charge in [0, 0.05) is 35.2 Å². The Balaban J connectivity index is 1.80. The SMILES string of the molecule is CC(C)N1CCC(c2cc3ccc([N+](=O)[O-])cc3[nH]2)CC1. The van der Waals surface area contributed by atoms with Gasteiger partial charge in [-0.3, -0.25) is 10.1 Å². The maximum atomic E-state index is 10.8. The van der Waals surface area contributed by atoms with Crippen LogP contribution in [0.4, 0.5) is 5.69 Å². The van der Waals surface area contributed by atoms with Crippen LogP contribution in [0.5, 0.6) is 0 Å². The molecule has 0 bridgehead atoms. The van der Waals surface area contributed by atoms with Crippen molar-refractivity contribution in [3.63, 3.8) is 0 Å². The molecule has 0 atom stereocenters. The highest BCUT2D eigenvalue weighted by atomic mass is 16.6. The summed E-state index contributed by atoms with van der Waals surface area (Å²) >= 11 is 0. The van der Waals surface area contributed by atoms with Gasteiger partial charge >= 0.3 is 0 Å². The Hall–Kier alpha value is -1.88. The van der Waals surface area contributed by atoms with E-state index in [4.69, 9.17) is 0 Å². The van der Waals surface area contributed by atoms with Gasteiger partial charge in [0.15, 0.2) is 0 Å². The second kappa shape index (κ2) is 5.48. The smallest absolute Gasteiger partial charge is 0.271 e. The molecule has 1 N–H and O–H groups in total. The highest BCUT2D eigenvalue weighted by molar-refractivity contribution is 5.82. The quantitative estimate of drug-likeness (QED) is 0.692. The molecule has 1 aromatic carbocycles. The predicted octanol–water partition coefficient (Wildman–Crippen LogP) is 3.66. The first kappa shape index (κ1) is 14.1. The first-order valence-electron chi connectivity index (χ1n) is 7.55. The van der Waals surface area contributed by atoms with Gasteiger partial charge in [0.25, 0.3) is 5.69 Å². The summed E-state index contributed by atoms with van der Waals surface area (Å²) in [6, 6.07) is 7.78. The molecule has 2 heterocycles. The molecule has 3 rings (SSSR count). The lowest BCUT2D eigenvalue weighted by molar-refractivity contribution is -0.384. The number of hydrogen-bond acceptors (Lipinski definition) is 3. The van der Waals surface area contributed by atoms with E-state index in [2.05, 4.69) is 29.8 Å². The Kier molecular flexibility index (Phi) is 3.68. The number of non-ortho nitro benzene ring substituents is 1. The van der Waals surface area contributed by atoms with Gasteiger partial charge in [0.2, 0.25) is 0 Å². The molecule has 112 valence electrons. The van der Waals surface area contributed by atoms with Crippen LogP contribution in [-0.4, -0.2) is 33.9 Å². The van der Waals surface area contributed by atoms with Gasteiger partial charge < -0.3 is 9.88 Å². The predicted molar refractivity (Wildman–Crippen MR) is 83.6 cm³/mol. The van der Waals surface area contributed by atoms with Crippen molar-refractivity contribution >= 4 is 16.6 Å². The molecule has 1 fully saturated rings. The summed E-state index contributed by atoms with van der Waals surface area (Å²) in [6.07, 6.45) is 2.29. The summed E-state index contributed by atoms with van der Waals surface area (Å²) in [5, 5.41) is 11.9. The molecule has 1 aliphatic heterocycles. The number of nitro groups is 1. The summed E-state index contributed by atoms with van der Waals surface area (Å²) < 4.78 is 0. The topological polar surface area (TPSA) is 62.2 Å². The van der Waals surface area contributed by atoms with E-state index < -0.39 is 0 Å². The lowest BCUT2D eigenvalue weighted by Crippen LogP contribution is -2.37. The molecular formula is C16H21N3O2. The number of likely N-dealkylation sites (tertiary alicyclic amines) is 1. The minimum atomic E-state index is -0.346. The molecule has 2 aromatic rings. The van der Waals surface area contributed by atoms with Crippen molar-refractivity contribution in [1.29, 1.82) is 0 Å². The second-order valence-corrected chi connectivity index (χ2v) is 6.16. The van der Waals surface area contributed by atoms with Crippen LogP contribution in [0.15, 0.2) is 24.3 Å². The molecule has 21 heavy (non-hydrogen) atoms. The molecule has 0 radical (unpaired) electrons. The highest BCUT2D eigenvalue weighted by Crippen LogP contribution is 2.31. The number of H-pyrrole nitrogens is 1. The standard InChI is InChI=1S/C16H21N3O2/c1-11(2)18-7-5-12(6-8-18)15-9-13-3-4-14(19(20)21)10-16(13)17-15/h3-4,9-12,17H,5-8H2,1-2H3. The number of nitrogens with one attached hydrogen (secondary N) is 1. The number of rotatable bonds is 3. The number of aromatic amines is 1. The van der Waals surface area contributed by atoms with Gasteiger partial charge in [-0.2, -0.15) is 0 Å². The summed E-state index contributed by atoms with van der Waals surface area (Å²) in [5.41, 5.74) is 2.23. The van der Waals surface area contributed by atoms with Crippen LogP contribution < -0.4 is 0 Å². The van der Waals surface area contributed by atoms with E-state index in [-0.39, 0.29) is 10.6 Å². The van der Waals surface area contributed by atoms with Crippen molar-refractivity contribution in [3.8, 4) is 0 Å². The third-order valence-electron chi connectivity index (χ3n) is 4.54. The fraction of sp³-hybridized carbons (Fsp3) is 0.500. The Morgan fingerprint density at radius 1 is 1.29 bits per heavy atom. The Morgan fingerprint density at radius 2 is 2.00 bits per heavy atom. The van der Waals surface area contributed by atoms with Crippen molar-refractivity contribution in [2.45, 2.75) is 38.6 Å². The fourth-order valence-electron chi connectivity index (χ4n) is 3.20. The molecule has 1 aromatic heterocycles. The minimum absolute atomic E-state index is 0.144. The zero-order valence-corrected chi connectivity index (χ0v) is 12.5. The molecule has 0 amide bonds. The van der Waals surface area contributed by atoms with Gasteiger partial charge in [0.1, 0.15) is 0 Å². The number of piperidine rings is 1. The van der Waals surface area contributed by atoms with E-state index >= 15 is 0 Å². The lowest BCUT2D eigenvalue weighted by atomic mass is 9.93. The Labute approximate surface area is 124 Å². The highest BCUT2D eigenvalue weighted by Gasteiger charge is 2.23. The summed E-state index contributed by atoms with van der Waals surface area (Å²) in [5.74, 6) is 0.534. The molecule has 5 heteroatoms. The van der Waals surface area contributed by atoms with Crippen molar-refractivity contribution in [2.24, 2.45) is 0 Å². The molecule has 1 aliphatic rings. The van der Waals surface area contributed by atoms with Crippen LogP contribution >= 0.6 is 0 Å². The fourth-order valence-corrected chi connectivity index (χ4v) is 3.20. The van der Waals surface area contributed by atoms with Crippen molar-refractivity contribution in [2.75, 3.05) is 13.1 Å². The first-order valence-corrected chi connectivity index (χ1v) is 7.55. The molecule has 0 spiro atoms. The van der Waals surface area contributed by atoms with E-state index in [1.807, 2.05) is 6.07 Å². The minimum Gasteiger partial charge on any atom is -0.358 e. The molecular weight excluding hydrogens is 266 g/mol. The van der Waals surface area contributed by atoms with Gasteiger partial charge in [0.05, 0.1) is 10.4 Å². The third kappa shape index (κ3) is 2.78. The second-order valence-electron chi connectivity index (χ2n) is 6.16. The summed E-state index contributed by atoms with van der Waals surface area (Å²) in [4.78, 5) is 16.4. The number of nitro benzene ring substituents is 1. The number of benzene rings is 1. The van der Waals surface area contributed by atoms with Gasteiger partial charge in [-0.1, -0.05) is 0 Å². The molecule has 0 saturated carbocycles. The van der Waals surface area contributed by atoms with E-state index in [1.54, 1.807) is 12.1 Å². The number of aromatic nitrogens is 1. The average molecular weight is 287 g/mol. The summed E-state index contributed by atoms with van der Waals surface area (Å²) in [7, 11) is 0. The molecule has 0 aliphatic carbocycles. The lowest BCUT2D eigenvalue weighted by Gasteiger charge is -2.34. The number of fused-ring (bicyclic) bond motifs is 1. The zero-order valence-electron chi connectivity index (χ0n) is 12.5. The normalized spacial score (nSPS) is 17.7. The largest absolute Gasteiger partial charge is 0.358 e. The van der Waals surface area contributed by atoms with Crippen LogP contribution in [0.2, 0.25) is 0 Å². The average Bonchev–Trinajstić information content (AvgIpc) is 2.90. The Morgan fingerprint density at radius 3 is 2.62 bits per heavy atom. The van der Waals surface area contributed by atoms with Crippen molar-refractivity contribution < 1.29 is 4.92 Å². The van der Waals surface area contributed by atoms with Gasteiger partial charge in [-0.15, -0.1) is 0 Å². The van der Waals surface area contributed by atoms with Crippen LogP contribution in [-0.2, 0) is 0 Å². The van der Waals surface area contributed by atoms with Crippen molar-refractivity contribution in [3.05, 3.63) is 40.1 Å². The maximum Gasteiger partial charge on any atom is 0.271 e. The van der Waals surface area contributed by atoms with Crippen LogP contribution in [0.3, 0.4) is 0 Å². The molecule has 5 nitrogen and oxygen atoms in total. The number of nitrogens with zero attached hydrogens (tertiary/aromatic N) is 2. The van der Waals surface area contributed by atoms with Crippen LogP contribution in [0, 0.1) is 10.1 Å². The third-order valence-corrected chi connectivity index (χ3v) is 4.54. The van der Waals surface area contributed by atoms with Gasteiger partial charge in [-0.05, 0) is 51.9 Å². The van der Waals surface area contributed by atoms with Crippen LogP contribution in [0.1, 0.15) is 38.3 Å². The number of hydrogen-bond donors (Lipinski definition) is 1. The Bertz CT molecular complexity index is 655. The van der Waals surface area contributed by atoms with E-state index in [0.717, 1.165) is 36.8 Å². The van der Waals surface area contributed by atoms with E-state index in [0.29, 0.717) is 12.0 Å². The van der Waals surface area contributed by atoms with Crippen molar-refractivity contribution in [1.82, 2.24) is 9.88 Å². The first-order chi connectivity index (χ1) is 10.0. The van der Waals surface area contributed by atoms with E-state index in [9.17, 15) is 10.1 Å². The summed E-state index contributed by atoms with van der Waals surface area (Å²) in [6.45, 7) is 6.72.